The molecule has 1 aromatic carbocycles. The minimum Gasteiger partial charge on any atom is -0.480 e. The van der Waals surface area contributed by atoms with E-state index in [0.717, 1.165) is 5.56 Å². The number of carboxylic acid groups (broad SMARTS) is 1. The van der Waals surface area contributed by atoms with Crippen LogP contribution in [-0.4, -0.2) is 70.1 Å². The Morgan fingerprint density at radius 3 is 2.67 bits per heavy atom. The van der Waals surface area contributed by atoms with Gasteiger partial charge in [0.25, 0.3) is 5.91 Å². The molecular weight excluding hydrogens is 451 g/mol. The maximum Gasteiger partial charge on any atom is 0.317 e. The molecule has 1 aliphatic heterocycles. The van der Waals surface area contributed by atoms with Crippen LogP contribution in [-0.2, 0) is 22.7 Å². The summed E-state index contributed by atoms with van der Waals surface area (Å²) in [7, 11) is 0. The van der Waals surface area contributed by atoms with Crippen molar-refractivity contribution in [2.45, 2.75) is 39.0 Å². The van der Waals surface area contributed by atoms with Crippen LogP contribution >= 0.6 is 11.6 Å². The maximum atomic E-state index is 13.2. The standard InChI is InChI=1S/C23H28ClFN4O4/c1-15-12-29(16(2)11-28(15)13-17-3-5-20(25)6-4-17)21(30)14-33-23-18(7-19(24)9-27-23)8-26-10-22(31)32/h3-7,9,15-16,26H,8,10-14H2,1-2H3,(H,31,32)/t15-,16+/m0/s1. The number of nitrogens with zero attached hydrogens (tertiary/aromatic N) is 3. The summed E-state index contributed by atoms with van der Waals surface area (Å²) in [5.74, 6) is -1.16. The molecule has 1 aromatic heterocycles. The maximum absolute atomic E-state index is 13.2. The molecule has 1 saturated heterocycles. The molecule has 33 heavy (non-hydrogen) atoms. The molecule has 178 valence electrons. The molecule has 8 nitrogen and oxygen atoms in total. The first kappa shape index (κ1) is 24.9. The van der Waals surface area contributed by atoms with Crippen LogP contribution in [0.3, 0.4) is 0 Å². The summed E-state index contributed by atoms with van der Waals surface area (Å²) in [6.07, 6.45) is 1.42. The number of rotatable bonds is 9. The lowest BCUT2D eigenvalue weighted by Gasteiger charge is -2.44. The van der Waals surface area contributed by atoms with Crippen LogP contribution in [0.5, 0.6) is 5.88 Å². The van der Waals surface area contributed by atoms with Gasteiger partial charge in [0.05, 0.1) is 11.6 Å². The van der Waals surface area contributed by atoms with E-state index in [1.165, 1.54) is 18.3 Å². The van der Waals surface area contributed by atoms with Gasteiger partial charge in [-0.1, -0.05) is 23.7 Å². The van der Waals surface area contributed by atoms with Gasteiger partial charge in [0.1, 0.15) is 5.82 Å². The van der Waals surface area contributed by atoms with Crippen molar-refractivity contribution < 1.29 is 23.8 Å². The molecule has 2 aromatic rings. The summed E-state index contributed by atoms with van der Waals surface area (Å²) in [4.78, 5) is 31.8. The molecule has 10 heteroatoms. The van der Waals surface area contributed by atoms with Gasteiger partial charge in [0.2, 0.25) is 5.88 Å². The number of ether oxygens (including phenoxy) is 1. The molecule has 1 amide bonds. The van der Waals surface area contributed by atoms with Gasteiger partial charge < -0.3 is 20.1 Å². The van der Waals surface area contributed by atoms with Crippen molar-refractivity contribution >= 4 is 23.5 Å². The highest BCUT2D eigenvalue weighted by atomic mass is 35.5. The summed E-state index contributed by atoms with van der Waals surface area (Å²) < 4.78 is 18.9. The number of pyridine rings is 1. The first-order chi connectivity index (χ1) is 15.7. The van der Waals surface area contributed by atoms with Crippen LogP contribution < -0.4 is 10.1 Å². The van der Waals surface area contributed by atoms with Crippen LogP contribution in [0.4, 0.5) is 4.39 Å². The van der Waals surface area contributed by atoms with E-state index in [0.29, 0.717) is 30.2 Å². The minimum atomic E-state index is -0.982. The normalized spacial score (nSPS) is 18.8. The Hall–Kier alpha value is -2.75. The van der Waals surface area contributed by atoms with Gasteiger partial charge in [-0.05, 0) is 37.6 Å². The van der Waals surface area contributed by atoms with Gasteiger partial charge in [-0.2, -0.15) is 0 Å². The average Bonchev–Trinajstić information content (AvgIpc) is 2.76. The number of aromatic nitrogens is 1. The van der Waals surface area contributed by atoms with E-state index >= 15 is 0 Å². The van der Waals surface area contributed by atoms with Crippen molar-refractivity contribution in [2.75, 3.05) is 26.2 Å². The number of carboxylic acids is 1. The number of hydrogen-bond acceptors (Lipinski definition) is 6. The van der Waals surface area contributed by atoms with Crippen molar-refractivity contribution in [2.24, 2.45) is 0 Å². The third-order valence-electron chi connectivity index (χ3n) is 5.55. The van der Waals surface area contributed by atoms with Gasteiger partial charge in [0, 0.05) is 50.0 Å². The Balaban J connectivity index is 1.56. The fraction of sp³-hybridized carbons (Fsp3) is 0.435. The van der Waals surface area contributed by atoms with Gasteiger partial charge >= 0.3 is 5.97 Å². The van der Waals surface area contributed by atoms with Crippen LogP contribution in [0, 0.1) is 5.82 Å². The highest BCUT2D eigenvalue weighted by Crippen LogP contribution is 2.21. The lowest BCUT2D eigenvalue weighted by molar-refractivity contribution is -0.139. The second kappa shape index (κ2) is 11.4. The Morgan fingerprint density at radius 2 is 1.97 bits per heavy atom. The molecule has 3 rings (SSSR count). The summed E-state index contributed by atoms with van der Waals surface area (Å²) in [6, 6.07) is 8.20. The van der Waals surface area contributed by atoms with Crippen LogP contribution in [0.1, 0.15) is 25.0 Å². The van der Waals surface area contributed by atoms with Crippen molar-refractivity contribution in [3.8, 4) is 5.88 Å². The van der Waals surface area contributed by atoms with Crippen LogP contribution in [0.25, 0.3) is 0 Å². The molecule has 1 aliphatic rings. The predicted octanol–water partition coefficient (Wildman–Crippen LogP) is 2.55. The van der Waals surface area contributed by atoms with Crippen molar-refractivity contribution in [1.82, 2.24) is 20.1 Å². The van der Waals surface area contributed by atoms with E-state index in [1.807, 2.05) is 6.92 Å². The fourth-order valence-corrected chi connectivity index (χ4v) is 4.01. The second-order valence-electron chi connectivity index (χ2n) is 8.20. The Morgan fingerprint density at radius 1 is 1.24 bits per heavy atom. The number of amides is 1. The van der Waals surface area contributed by atoms with Crippen molar-refractivity contribution in [1.29, 1.82) is 0 Å². The lowest BCUT2D eigenvalue weighted by atomic mass is 10.1. The molecule has 0 radical (unpaired) electrons. The number of nitrogens with one attached hydrogen (secondary N) is 1. The molecule has 0 bridgehead atoms. The molecule has 0 aliphatic carbocycles. The number of piperazine rings is 1. The van der Waals surface area contributed by atoms with Crippen LogP contribution in [0.15, 0.2) is 36.5 Å². The van der Waals surface area contributed by atoms with E-state index in [2.05, 4.69) is 22.1 Å². The zero-order valence-electron chi connectivity index (χ0n) is 18.6. The van der Waals surface area contributed by atoms with E-state index in [9.17, 15) is 14.0 Å². The molecular formula is C23H28ClFN4O4. The third-order valence-corrected chi connectivity index (χ3v) is 5.76. The van der Waals surface area contributed by atoms with E-state index in [4.69, 9.17) is 21.4 Å². The smallest absolute Gasteiger partial charge is 0.317 e. The summed E-state index contributed by atoms with van der Waals surface area (Å²) in [5, 5.41) is 11.9. The van der Waals surface area contributed by atoms with E-state index < -0.39 is 5.97 Å². The third kappa shape index (κ3) is 7.12. The zero-order valence-corrected chi connectivity index (χ0v) is 19.4. The minimum absolute atomic E-state index is 0.0207. The van der Waals surface area contributed by atoms with E-state index in [-0.39, 0.29) is 49.4 Å². The number of carbonyl (C=O) groups excluding carboxylic acids is 1. The first-order valence-electron chi connectivity index (χ1n) is 10.7. The monoisotopic (exact) mass is 478 g/mol. The second-order valence-corrected chi connectivity index (χ2v) is 8.64. The average molecular weight is 479 g/mol. The molecule has 2 heterocycles. The van der Waals surface area contributed by atoms with Gasteiger partial charge in [-0.15, -0.1) is 0 Å². The summed E-state index contributed by atoms with van der Waals surface area (Å²) in [5.41, 5.74) is 1.60. The lowest BCUT2D eigenvalue weighted by Crippen LogP contribution is -2.58. The Bertz CT molecular complexity index is 975. The van der Waals surface area contributed by atoms with Crippen molar-refractivity contribution in [3.63, 3.8) is 0 Å². The summed E-state index contributed by atoms with van der Waals surface area (Å²) in [6.45, 7) is 5.76. The quantitative estimate of drug-likeness (QED) is 0.572. The number of carbonyl (C=O) groups is 2. The number of aliphatic carboxylic acids is 1. The van der Waals surface area contributed by atoms with Crippen molar-refractivity contribution in [3.05, 3.63) is 58.5 Å². The molecule has 0 saturated carbocycles. The predicted molar refractivity (Wildman–Crippen MR) is 122 cm³/mol. The largest absolute Gasteiger partial charge is 0.480 e. The van der Waals surface area contributed by atoms with Gasteiger partial charge in [-0.3, -0.25) is 14.5 Å². The number of hydrogen-bond donors (Lipinski definition) is 2. The number of halogens is 2. The first-order valence-corrected chi connectivity index (χ1v) is 11.1. The highest BCUT2D eigenvalue weighted by Gasteiger charge is 2.32. The molecule has 1 fully saturated rings. The molecule has 2 atom stereocenters. The topological polar surface area (TPSA) is 95.0 Å². The Labute approximate surface area is 197 Å². The Kier molecular flexibility index (Phi) is 8.60. The SMILES string of the molecule is C[C@@H]1CN(Cc2ccc(F)cc2)[C@@H](C)CN1C(=O)COc1ncc(Cl)cc1CNCC(=O)O. The van der Waals surface area contributed by atoms with Gasteiger partial charge in [-0.25, -0.2) is 9.37 Å². The fourth-order valence-electron chi connectivity index (χ4n) is 3.83. The summed E-state index contributed by atoms with van der Waals surface area (Å²) >= 11 is 6.00. The number of benzene rings is 1. The molecule has 0 unspecified atom stereocenters. The van der Waals surface area contributed by atoms with Gasteiger partial charge in [0.15, 0.2) is 6.61 Å². The van der Waals surface area contributed by atoms with Crippen LogP contribution in [0.2, 0.25) is 5.02 Å². The highest BCUT2D eigenvalue weighted by molar-refractivity contribution is 6.30. The molecule has 2 N–H and O–H groups in total. The zero-order chi connectivity index (χ0) is 24.0. The molecule has 0 spiro atoms. The van der Waals surface area contributed by atoms with E-state index in [1.54, 1.807) is 23.1 Å².